The van der Waals surface area contributed by atoms with Gasteiger partial charge in [0.15, 0.2) is 22.4 Å². The van der Waals surface area contributed by atoms with Crippen molar-refractivity contribution in [3.8, 4) is 11.5 Å². The fourth-order valence-corrected chi connectivity index (χ4v) is 5.66. The first-order chi connectivity index (χ1) is 18.1. The number of thioether (sulfide) groups is 1. The number of carbonyl (C=O) groups is 2. The molecule has 0 aliphatic carbocycles. The van der Waals surface area contributed by atoms with Crippen LogP contribution < -0.4 is 19.7 Å². The van der Waals surface area contributed by atoms with Crippen LogP contribution in [0, 0.1) is 27.7 Å². The van der Waals surface area contributed by atoms with Crippen LogP contribution in [0.1, 0.15) is 27.8 Å². The van der Waals surface area contributed by atoms with Gasteiger partial charge in [-0.3, -0.25) is 14.5 Å². The number of hydrogen-bond donors (Lipinski definition) is 1. The molecule has 1 saturated heterocycles. The highest BCUT2D eigenvalue weighted by atomic mass is 79.9. The molecule has 3 aromatic rings. The maximum Gasteiger partial charge on any atom is 0.270 e. The van der Waals surface area contributed by atoms with Gasteiger partial charge >= 0.3 is 0 Å². The zero-order valence-electron chi connectivity index (χ0n) is 21.7. The summed E-state index contributed by atoms with van der Waals surface area (Å²) in [6.07, 6.45) is 1.77. The second-order valence-electron chi connectivity index (χ2n) is 8.95. The second-order valence-corrected chi connectivity index (χ2v) is 11.5. The molecule has 0 unspecified atom stereocenters. The van der Waals surface area contributed by atoms with E-state index >= 15 is 0 Å². The Balaban J connectivity index is 1.46. The topological polar surface area (TPSA) is 67.9 Å². The van der Waals surface area contributed by atoms with Gasteiger partial charge in [0.05, 0.1) is 23.4 Å². The fraction of sp³-hybridized carbons (Fsp3) is 0.207. The quantitative estimate of drug-likeness (QED) is 0.227. The summed E-state index contributed by atoms with van der Waals surface area (Å²) >= 11 is 10.2. The third-order valence-electron chi connectivity index (χ3n) is 6.24. The molecule has 1 N–H and O–H groups in total. The Morgan fingerprint density at radius 1 is 1.00 bits per heavy atom. The Hall–Kier alpha value is -3.14. The molecule has 0 bridgehead atoms. The summed E-state index contributed by atoms with van der Waals surface area (Å²) in [6.45, 7) is 7.84. The molecule has 3 aromatic carbocycles. The zero-order chi connectivity index (χ0) is 27.6. The van der Waals surface area contributed by atoms with Gasteiger partial charge in [-0.2, -0.15) is 0 Å². The maximum atomic E-state index is 13.2. The predicted molar refractivity (Wildman–Crippen MR) is 162 cm³/mol. The lowest BCUT2D eigenvalue weighted by Gasteiger charge is -2.16. The van der Waals surface area contributed by atoms with Gasteiger partial charge in [-0.05, 0) is 114 Å². The number of nitrogens with one attached hydrogen (secondary N) is 1. The average Bonchev–Trinajstić information content (AvgIpc) is 3.15. The Morgan fingerprint density at radius 3 is 2.42 bits per heavy atom. The van der Waals surface area contributed by atoms with E-state index in [0.29, 0.717) is 26.4 Å². The fourth-order valence-electron chi connectivity index (χ4n) is 3.81. The number of hydrogen-bond acceptors (Lipinski definition) is 6. The van der Waals surface area contributed by atoms with Crippen molar-refractivity contribution < 1.29 is 19.1 Å². The molecule has 1 fully saturated rings. The van der Waals surface area contributed by atoms with Crippen molar-refractivity contribution in [2.45, 2.75) is 27.7 Å². The zero-order valence-corrected chi connectivity index (χ0v) is 24.9. The number of carbonyl (C=O) groups excluding carboxylic acids is 2. The molecular formula is C29H27BrN2O4S2. The van der Waals surface area contributed by atoms with Crippen molar-refractivity contribution in [1.29, 1.82) is 0 Å². The molecule has 9 heteroatoms. The molecule has 196 valence electrons. The molecule has 0 aromatic heterocycles. The lowest BCUT2D eigenvalue weighted by molar-refractivity contribution is -0.118. The number of thiocarbonyl (C=S) groups is 1. The van der Waals surface area contributed by atoms with E-state index < -0.39 is 0 Å². The maximum absolute atomic E-state index is 13.2. The molecule has 6 nitrogen and oxygen atoms in total. The Morgan fingerprint density at radius 2 is 1.71 bits per heavy atom. The van der Waals surface area contributed by atoms with E-state index in [4.69, 9.17) is 21.7 Å². The molecule has 2 amide bonds. The van der Waals surface area contributed by atoms with Gasteiger partial charge in [0, 0.05) is 4.47 Å². The lowest BCUT2D eigenvalue weighted by Crippen LogP contribution is -2.27. The summed E-state index contributed by atoms with van der Waals surface area (Å²) < 4.78 is 12.5. The summed E-state index contributed by atoms with van der Waals surface area (Å²) in [6, 6.07) is 15.0. The predicted octanol–water partition coefficient (Wildman–Crippen LogP) is 7.11. The van der Waals surface area contributed by atoms with Gasteiger partial charge in [-0.1, -0.05) is 36.1 Å². The standard InChI is InChI=1S/C29H27BrN2O4S2/c1-16-6-8-21(10-17(16)2)32-28(34)26(38-29(32)37)14-20-7-9-24(25(13-20)35-5)36-15-27(33)31-23-12-19(4)18(3)11-22(23)30/h6-14H,15H2,1-5H3,(H,31,33)/b26-14+. The molecule has 1 aliphatic heterocycles. The van der Waals surface area contributed by atoms with Gasteiger partial charge < -0.3 is 14.8 Å². The highest BCUT2D eigenvalue weighted by molar-refractivity contribution is 9.10. The summed E-state index contributed by atoms with van der Waals surface area (Å²) in [5.41, 5.74) is 6.64. The number of amides is 2. The minimum Gasteiger partial charge on any atom is -0.493 e. The van der Waals surface area contributed by atoms with Crippen LogP contribution in [0.4, 0.5) is 11.4 Å². The first-order valence-corrected chi connectivity index (χ1v) is 13.8. The van der Waals surface area contributed by atoms with Crippen molar-refractivity contribution >= 4 is 73.5 Å². The van der Waals surface area contributed by atoms with Gasteiger partial charge in [-0.25, -0.2) is 0 Å². The number of aryl methyl sites for hydroxylation is 4. The Kier molecular flexibility index (Phi) is 8.60. The number of ether oxygens (including phenoxy) is 2. The van der Waals surface area contributed by atoms with Crippen LogP contribution in [0.5, 0.6) is 11.5 Å². The van der Waals surface area contributed by atoms with Crippen LogP contribution in [0.25, 0.3) is 6.08 Å². The van der Waals surface area contributed by atoms with Crippen molar-refractivity contribution in [3.05, 3.63) is 85.7 Å². The van der Waals surface area contributed by atoms with E-state index in [9.17, 15) is 9.59 Å². The summed E-state index contributed by atoms with van der Waals surface area (Å²) in [7, 11) is 1.53. The first-order valence-electron chi connectivity index (χ1n) is 11.8. The highest BCUT2D eigenvalue weighted by Gasteiger charge is 2.33. The summed E-state index contributed by atoms with van der Waals surface area (Å²) in [4.78, 5) is 27.8. The Bertz CT molecular complexity index is 1490. The Labute approximate surface area is 240 Å². The minimum absolute atomic E-state index is 0.170. The smallest absolute Gasteiger partial charge is 0.270 e. The van der Waals surface area contributed by atoms with Crippen LogP contribution in [-0.2, 0) is 9.59 Å². The molecule has 1 aliphatic rings. The van der Waals surface area contributed by atoms with Crippen LogP contribution in [0.3, 0.4) is 0 Å². The molecule has 38 heavy (non-hydrogen) atoms. The molecular weight excluding hydrogens is 584 g/mol. The lowest BCUT2D eigenvalue weighted by atomic mass is 10.1. The molecule has 0 radical (unpaired) electrons. The monoisotopic (exact) mass is 610 g/mol. The number of methoxy groups -OCH3 is 1. The SMILES string of the molecule is COc1cc(/C=C2/SC(=S)N(c3ccc(C)c(C)c3)C2=O)ccc1OCC(=O)Nc1cc(C)c(C)cc1Br. The number of anilines is 2. The molecule has 0 saturated carbocycles. The van der Waals surface area contributed by atoms with Crippen molar-refractivity contribution in [3.63, 3.8) is 0 Å². The molecule has 0 spiro atoms. The number of nitrogens with zero attached hydrogens (tertiary/aromatic N) is 1. The van der Waals surface area contributed by atoms with Crippen LogP contribution in [0.2, 0.25) is 0 Å². The third-order valence-corrected chi connectivity index (χ3v) is 8.20. The average molecular weight is 612 g/mol. The molecule has 0 atom stereocenters. The number of rotatable bonds is 7. The first kappa shape index (κ1) is 27.9. The van der Waals surface area contributed by atoms with E-state index in [1.807, 2.05) is 58.0 Å². The van der Waals surface area contributed by atoms with Crippen molar-refractivity contribution in [2.24, 2.45) is 0 Å². The van der Waals surface area contributed by atoms with Crippen LogP contribution >= 0.6 is 39.9 Å². The molecule has 1 heterocycles. The van der Waals surface area contributed by atoms with Crippen molar-refractivity contribution in [2.75, 3.05) is 23.9 Å². The van der Waals surface area contributed by atoms with E-state index in [2.05, 4.69) is 21.2 Å². The summed E-state index contributed by atoms with van der Waals surface area (Å²) in [5, 5.41) is 2.86. The van der Waals surface area contributed by atoms with Crippen molar-refractivity contribution in [1.82, 2.24) is 0 Å². The van der Waals surface area contributed by atoms with Gasteiger partial charge in [0.2, 0.25) is 0 Å². The molecule has 4 rings (SSSR count). The van der Waals surface area contributed by atoms with Gasteiger partial charge in [0.1, 0.15) is 0 Å². The largest absolute Gasteiger partial charge is 0.493 e. The van der Waals surface area contributed by atoms with Crippen LogP contribution in [-0.4, -0.2) is 29.9 Å². The van der Waals surface area contributed by atoms with E-state index in [0.717, 1.165) is 38.0 Å². The van der Waals surface area contributed by atoms with E-state index in [-0.39, 0.29) is 18.4 Å². The van der Waals surface area contributed by atoms with Gasteiger partial charge in [-0.15, -0.1) is 0 Å². The number of benzene rings is 3. The minimum atomic E-state index is -0.296. The summed E-state index contributed by atoms with van der Waals surface area (Å²) in [5.74, 6) is 0.400. The third kappa shape index (κ3) is 6.11. The van der Waals surface area contributed by atoms with E-state index in [1.54, 1.807) is 29.2 Å². The number of halogens is 1. The normalized spacial score (nSPS) is 14.3. The van der Waals surface area contributed by atoms with E-state index in [1.165, 1.54) is 18.9 Å². The van der Waals surface area contributed by atoms with Crippen LogP contribution in [0.15, 0.2) is 57.9 Å². The highest BCUT2D eigenvalue weighted by Crippen LogP contribution is 2.37. The second kappa shape index (κ2) is 11.7. The van der Waals surface area contributed by atoms with Gasteiger partial charge in [0.25, 0.3) is 11.8 Å².